The van der Waals surface area contributed by atoms with E-state index in [1.165, 1.54) is 117 Å². The van der Waals surface area contributed by atoms with Crippen LogP contribution in [0.4, 0.5) is 17.1 Å². The first kappa shape index (κ1) is 39.0. The maximum absolute atomic E-state index is 2.74. The molecule has 0 unspecified atom stereocenters. The lowest BCUT2D eigenvalue weighted by molar-refractivity contribution is 0.332. The smallest absolute Gasteiger partial charge is 0.259 e. The molecule has 4 heteroatoms. The van der Waals surface area contributed by atoms with Gasteiger partial charge in [-0.15, -0.1) is 11.3 Å². The van der Waals surface area contributed by atoms with Crippen LogP contribution >= 0.6 is 33.9 Å². The summed E-state index contributed by atoms with van der Waals surface area (Å²) in [4.78, 5) is 2.74. The Morgan fingerprint density at radius 1 is 0.661 bits per heavy atom. The first-order valence-electron chi connectivity index (χ1n) is 21.6. The van der Waals surface area contributed by atoms with Crippen molar-refractivity contribution in [1.82, 2.24) is 0 Å². The van der Waals surface area contributed by atoms with Crippen molar-refractivity contribution in [1.29, 1.82) is 0 Å². The minimum atomic E-state index is -0.0735. The van der Waals surface area contributed by atoms with E-state index in [-0.39, 0.29) is 26.4 Å². The molecule has 7 aromatic rings. The third-order valence-electron chi connectivity index (χ3n) is 14.0. The molecule has 0 bridgehead atoms. The van der Waals surface area contributed by atoms with Crippen molar-refractivity contribution in [3.05, 3.63) is 154 Å². The standard InChI is InChI=1S/C55H55BINS/c1-33-25-36-27-42-41-28-37(52(2,3)4)21-22-48(41)59-51(42)56-45-31-43-44(54(7,8)24-23-53(43,5)6)32-46(45)58(47(26-33)49(36)56)50-39(34-17-13-11-14-18-34)29-38(55(9,10)57)30-40(50)35-19-15-12-16-20-35/h11-22,25-26,28-32H,23-24,27H2,1-10H3. The maximum Gasteiger partial charge on any atom is 0.259 e. The SMILES string of the molecule is Cc1cc2c3c(c1)N(c1c(-c4ccccc4)cc(C(C)(C)I)cc1-c1ccccc1)c1cc4c(cc1B3c1sc3ccc(C(C)(C)C)cc3c1C2)C(C)(C)CCC4(C)C. The van der Waals surface area contributed by atoms with Crippen molar-refractivity contribution in [3.63, 3.8) is 0 Å². The lowest BCUT2D eigenvalue weighted by atomic mass is 9.34. The number of thiophene rings is 1. The number of halogens is 1. The highest BCUT2D eigenvalue weighted by molar-refractivity contribution is 14.1. The molecule has 0 N–H and O–H groups in total. The molecule has 3 aliphatic rings. The first-order valence-corrected chi connectivity index (χ1v) is 23.5. The van der Waals surface area contributed by atoms with Crippen molar-refractivity contribution in [2.75, 3.05) is 4.90 Å². The second-order valence-corrected chi connectivity index (χ2v) is 24.3. The predicted molar refractivity (Wildman–Crippen MR) is 267 cm³/mol. The molecule has 0 fully saturated rings. The van der Waals surface area contributed by atoms with Gasteiger partial charge in [-0.25, -0.2) is 0 Å². The van der Waals surface area contributed by atoms with E-state index in [0.29, 0.717) is 0 Å². The summed E-state index contributed by atoms with van der Waals surface area (Å²) < 4.78 is 2.87. The van der Waals surface area contributed by atoms with Crippen molar-refractivity contribution < 1.29 is 0 Å². The normalized spacial score (nSPS) is 16.4. The fourth-order valence-electron chi connectivity index (χ4n) is 10.5. The van der Waals surface area contributed by atoms with Crippen LogP contribution in [0.25, 0.3) is 32.3 Å². The second-order valence-electron chi connectivity index (χ2n) is 20.6. The molecule has 1 aromatic heterocycles. The summed E-state index contributed by atoms with van der Waals surface area (Å²) in [7, 11) is 0. The molecule has 296 valence electrons. The second kappa shape index (κ2) is 13.4. The van der Waals surface area contributed by atoms with Gasteiger partial charge in [-0.05, 0) is 164 Å². The molecule has 0 saturated heterocycles. The molecular formula is C55H55BINS. The number of hydrogen-bond donors (Lipinski definition) is 0. The molecule has 59 heavy (non-hydrogen) atoms. The van der Waals surface area contributed by atoms with Crippen LogP contribution in [0.1, 0.15) is 114 Å². The summed E-state index contributed by atoms with van der Waals surface area (Å²) in [6.45, 7) is 24.1. The Kier molecular flexibility index (Phi) is 8.89. The van der Waals surface area contributed by atoms with Gasteiger partial charge < -0.3 is 4.90 Å². The average molecular weight is 900 g/mol. The van der Waals surface area contributed by atoms with E-state index >= 15 is 0 Å². The number of rotatable bonds is 4. The van der Waals surface area contributed by atoms with Crippen LogP contribution in [0.5, 0.6) is 0 Å². The highest BCUT2D eigenvalue weighted by Gasteiger charge is 2.46. The zero-order valence-corrected chi connectivity index (χ0v) is 39.4. The molecule has 0 atom stereocenters. The lowest BCUT2D eigenvalue weighted by Crippen LogP contribution is -2.60. The monoisotopic (exact) mass is 899 g/mol. The summed E-state index contributed by atoms with van der Waals surface area (Å²) in [5, 5.41) is 1.45. The quantitative estimate of drug-likeness (QED) is 0.0966. The Morgan fingerprint density at radius 3 is 1.83 bits per heavy atom. The van der Waals surface area contributed by atoms with Gasteiger partial charge in [0.2, 0.25) is 0 Å². The lowest BCUT2D eigenvalue weighted by Gasteiger charge is -2.46. The average Bonchev–Trinajstić information content (AvgIpc) is 3.56. The van der Waals surface area contributed by atoms with Crippen LogP contribution < -0.4 is 20.6 Å². The third-order valence-corrected chi connectivity index (χ3v) is 15.9. The zero-order chi connectivity index (χ0) is 41.4. The highest BCUT2D eigenvalue weighted by atomic mass is 127. The van der Waals surface area contributed by atoms with Crippen LogP contribution in [0.2, 0.25) is 0 Å². The van der Waals surface area contributed by atoms with Gasteiger partial charge in [0.05, 0.1) is 5.69 Å². The molecule has 10 rings (SSSR count). The van der Waals surface area contributed by atoms with E-state index in [0.717, 1.165) is 6.42 Å². The number of aryl methyl sites for hydroxylation is 1. The van der Waals surface area contributed by atoms with Gasteiger partial charge in [0, 0.05) is 30.6 Å². The molecule has 0 saturated carbocycles. The van der Waals surface area contributed by atoms with Crippen LogP contribution in [0.15, 0.2) is 115 Å². The minimum absolute atomic E-state index is 0.0574. The van der Waals surface area contributed by atoms with Crippen LogP contribution in [-0.2, 0) is 26.1 Å². The molecule has 1 nitrogen and oxygen atoms in total. The molecule has 1 aliphatic carbocycles. The summed E-state index contributed by atoms with van der Waals surface area (Å²) in [6.07, 6.45) is 3.32. The van der Waals surface area contributed by atoms with Crippen LogP contribution in [-0.4, -0.2) is 6.71 Å². The Bertz CT molecular complexity index is 2770. The van der Waals surface area contributed by atoms with Gasteiger partial charge in [-0.1, -0.05) is 150 Å². The molecule has 6 aromatic carbocycles. The molecule has 0 spiro atoms. The Labute approximate surface area is 370 Å². The van der Waals surface area contributed by atoms with E-state index in [1.807, 2.05) is 11.3 Å². The summed E-state index contributed by atoms with van der Waals surface area (Å²) >= 11 is 4.68. The van der Waals surface area contributed by atoms with Crippen molar-refractivity contribution in [3.8, 4) is 22.3 Å². The van der Waals surface area contributed by atoms with E-state index in [4.69, 9.17) is 0 Å². The summed E-state index contributed by atoms with van der Waals surface area (Å²) in [5.74, 6) is 0. The van der Waals surface area contributed by atoms with Gasteiger partial charge in [0.25, 0.3) is 6.71 Å². The molecule has 0 radical (unpaired) electrons. The van der Waals surface area contributed by atoms with Crippen molar-refractivity contribution >= 4 is 83.5 Å². The van der Waals surface area contributed by atoms with E-state index < -0.39 is 0 Å². The molecule has 3 heterocycles. The number of benzene rings is 6. The van der Waals surface area contributed by atoms with Gasteiger partial charge in [0.15, 0.2) is 0 Å². The zero-order valence-electron chi connectivity index (χ0n) is 36.4. The molecular weight excluding hydrogens is 844 g/mol. The molecule has 0 amide bonds. The largest absolute Gasteiger partial charge is 0.310 e. The first-order chi connectivity index (χ1) is 27.9. The van der Waals surface area contributed by atoms with Crippen molar-refractivity contribution in [2.24, 2.45) is 0 Å². The Morgan fingerprint density at radius 2 is 1.25 bits per heavy atom. The topological polar surface area (TPSA) is 3.24 Å². The van der Waals surface area contributed by atoms with E-state index in [9.17, 15) is 0 Å². The van der Waals surface area contributed by atoms with Crippen LogP contribution in [0, 0.1) is 6.92 Å². The maximum atomic E-state index is 2.74. The van der Waals surface area contributed by atoms with E-state index in [1.54, 1.807) is 0 Å². The van der Waals surface area contributed by atoms with E-state index in [2.05, 4.69) is 212 Å². The number of alkyl halides is 1. The number of anilines is 3. The Balaban J connectivity index is 1.36. The fourth-order valence-corrected chi connectivity index (χ4v) is 12.1. The van der Waals surface area contributed by atoms with Crippen LogP contribution in [0.3, 0.4) is 0 Å². The van der Waals surface area contributed by atoms with Gasteiger partial charge in [-0.3, -0.25) is 0 Å². The van der Waals surface area contributed by atoms with Gasteiger partial charge in [-0.2, -0.15) is 0 Å². The third kappa shape index (κ3) is 6.29. The van der Waals surface area contributed by atoms with Crippen molar-refractivity contribution in [2.45, 2.75) is 108 Å². The van der Waals surface area contributed by atoms with Gasteiger partial charge in [0.1, 0.15) is 0 Å². The number of nitrogens with zero attached hydrogens (tertiary/aromatic N) is 1. The van der Waals surface area contributed by atoms with Gasteiger partial charge >= 0.3 is 0 Å². The predicted octanol–water partition coefficient (Wildman–Crippen LogP) is 14.1. The highest BCUT2D eigenvalue weighted by Crippen LogP contribution is 2.53. The summed E-state index contributed by atoms with van der Waals surface area (Å²) in [6, 6.07) is 45.0. The Hall–Kier alpha value is -4.13. The molecule has 2 aliphatic heterocycles. The number of hydrogen-bond acceptors (Lipinski definition) is 2. The summed E-state index contributed by atoms with van der Waals surface area (Å²) in [5.41, 5.74) is 22.2. The number of fused-ring (bicyclic) bond motifs is 7. The minimum Gasteiger partial charge on any atom is -0.310 e. The fraction of sp³-hybridized carbons (Fsp3) is 0.309.